The highest BCUT2D eigenvalue weighted by Crippen LogP contribution is 2.14. The van der Waals surface area contributed by atoms with Gasteiger partial charge in [-0.3, -0.25) is 4.79 Å². The fourth-order valence-electron chi connectivity index (χ4n) is 1.95. The van der Waals surface area contributed by atoms with Crippen molar-refractivity contribution in [3.05, 3.63) is 29.4 Å². The Kier molecular flexibility index (Phi) is 3.56. The Morgan fingerprint density at radius 3 is 3.32 bits per heavy atom. The highest BCUT2D eigenvalue weighted by molar-refractivity contribution is 7.12. The molecule has 3 heterocycles. The summed E-state index contributed by atoms with van der Waals surface area (Å²) in [5.74, 6) is 0.00974. The number of nitrogens with zero attached hydrogens (tertiary/aromatic N) is 3. The molecule has 0 aliphatic carbocycles. The van der Waals surface area contributed by atoms with E-state index < -0.39 is 0 Å². The Labute approximate surface area is 114 Å². The molecule has 3 rings (SSSR count). The third kappa shape index (κ3) is 2.82. The molecule has 0 aromatic carbocycles. The van der Waals surface area contributed by atoms with Gasteiger partial charge in [0.2, 0.25) is 5.91 Å². The molecule has 1 aliphatic heterocycles. The van der Waals surface area contributed by atoms with Crippen LogP contribution in [0.15, 0.2) is 23.7 Å². The highest BCUT2D eigenvalue weighted by atomic mass is 32.1. The molecule has 1 amide bonds. The quantitative estimate of drug-likeness (QED) is 0.905. The molecule has 1 aliphatic rings. The Bertz CT molecular complexity index is 546. The van der Waals surface area contributed by atoms with Crippen LogP contribution < -0.4 is 5.32 Å². The normalized spacial score (nSPS) is 18.6. The molecule has 6 nitrogen and oxygen atoms in total. The smallest absolute Gasteiger partial charge is 0.225 e. The lowest BCUT2D eigenvalue weighted by molar-refractivity contribution is -0.125. The van der Waals surface area contributed by atoms with Gasteiger partial charge in [-0.05, 0) is 23.9 Å². The third-order valence-electron chi connectivity index (χ3n) is 3.02. The zero-order valence-electron chi connectivity index (χ0n) is 10.3. The maximum Gasteiger partial charge on any atom is 0.225 e. The van der Waals surface area contributed by atoms with Crippen LogP contribution in [0.25, 0.3) is 5.00 Å². The molecule has 1 saturated heterocycles. The zero-order chi connectivity index (χ0) is 13.1. The first kappa shape index (κ1) is 12.3. The lowest BCUT2D eigenvalue weighted by Crippen LogP contribution is -2.30. The van der Waals surface area contributed by atoms with Crippen molar-refractivity contribution in [2.45, 2.75) is 13.0 Å². The Balaban J connectivity index is 1.57. The number of hydrogen-bond donors (Lipinski definition) is 1. The van der Waals surface area contributed by atoms with Crippen molar-refractivity contribution < 1.29 is 9.53 Å². The van der Waals surface area contributed by atoms with Crippen LogP contribution in [0.2, 0.25) is 0 Å². The first-order valence-corrected chi connectivity index (χ1v) is 7.01. The van der Waals surface area contributed by atoms with Gasteiger partial charge in [0.25, 0.3) is 0 Å². The highest BCUT2D eigenvalue weighted by Gasteiger charge is 2.23. The van der Waals surface area contributed by atoms with Crippen molar-refractivity contribution in [3.8, 4) is 5.00 Å². The van der Waals surface area contributed by atoms with Gasteiger partial charge in [-0.1, -0.05) is 5.21 Å². The summed E-state index contributed by atoms with van der Waals surface area (Å²) >= 11 is 1.59. The summed E-state index contributed by atoms with van der Waals surface area (Å²) in [6, 6.07) is 3.93. The summed E-state index contributed by atoms with van der Waals surface area (Å²) < 4.78 is 6.90. The number of ether oxygens (including phenoxy) is 1. The van der Waals surface area contributed by atoms with E-state index in [1.54, 1.807) is 16.0 Å². The fourth-order valence-corrected chi connectivity index (χ4v) is 2.60. The predicted octanol–water partition coefficient (Wildman–Crippen LogP) is 0.981. The van der Waals surface area contributed by atoms with Gasteiger partial charge in [0.15, 0.2) is 0 Å². The Hall–Kier alpha value is -1.73. The summed E-state index contributed by atoms with van der Waals surface area (Å²) in [4.78, 5) is 11.8. The van der Waals surface area contributed by atoms with E-state index in [0.29, 0.717) is 19.8 Å². The molecular formula is C12H14N4O2S. The molecule has 0 saturated carbocycles. The average molecular weight is 278 g/mol. The first-order chi connectivity index (χ1) is 9.33. The van der Waals surface area contributed by atoms with Gasteiger partial charge < -0.3 is 10.1 Å². The molecule has 7 heteroatoms. The molecule has 0 unspecified atom stereocenters. The van der Waals surface area contributed by atoms with E-state index >= 15 is 0 Å². The van der Waals surface area contributed by atoms with E-state index in [4.69, 9.17) is 4.74 Å². The summed E-state index contributed by atoms with van der Waals surface area (Å²) in [6.07, 6.45) is 2.63. The van der Waals surface area contributed by atoms with Crippen LogP contribution in [0, 0.1) is 5.92 Å². The topological polar surface area (TPSA) is 69.0 Å². The van der Waals surface area contributed by atoms with Crippen LogP contribution in [0.4, 0.5) is 0 Å². The molecule has 100 valence electrons. The molecule has 2 aromatic heterocycles. The number of rotatable bonds is 4. The second-order valence-corrected chi connectivity index (χ2v) is 5.31. The van der Waals surface area contributed by atoms with Gasteiger partial charge in [-0.2, -0.15) is 0 Å². The lowest BCUT2D eigenvalue weighted by atomic mass is 10.1. The van der Waals surface area contributed by atoms with E-state index in [0.717, 1.165) is 17.1 Å². The number of thiophene rings is 1. The van der Waals surface area contributed by atoms with E-state index in [9.17, 15) is 4.79 Å². The molecule has 2 aromatic rings. The summed E-state index contributed by atoms with van der Waals surface area (Å²) in [7, 11) is 0. The van der Waals surface area contributed by atoms with E-state index in [2.05, 4.69) is 15.6 Å². The summed E-state index contributed by atoms with van der Waals surface area (Å²) in [5, 5.41) is 13.9. The first-order valence-electron chi connectivity index (χ1n) is 6.13. The molecule has 0 radical (unpaired) electrons. The SMILES string of the molecule is O=C(NCc1cn(-c2cccs2)nn1)[C@H]1CCOC1. The molecule has 1 N–H and O–H groups in total. The van der Waals surface area contributed by atoms with Gasteiger partial charge in [-0.25, -0.2) is 4.68 Å². The largest absolute Gasteiger partial charge is 0.381 e. The van der Waals surface area contributed by atoms with Crippen molar-refractivity contribution in [2.24, 2.45) is 5.92 Å². The van der Waals surface area contributed by atoms with Crippen LogP contribution in [0.3, 0.4) is 0 Å². The maximum absolute atomic E-state index is 11.8. The zero-order valence-corrected chi connectivity index (χ0v) is 11.1. The maximum atomic E-state index is 11.8. The van der Waals surface area contributed by atoms with Crippen molar-refractivity contribution in [1.82, 2.24) is 20.3 Å². The summed E-state index contributed by atoms with van der Waals surface area (Å²) in [5.41, 5.74) is 0.751. The monoisotopic (exact) mass is 278 g/mol. The van der Waals surface area contributed by atoms with Crippen molar-refractivity contribution >= 4 is 17.2 Å². The molecule has 19 heavy (non-hydrogen) atoms. The summed E-state index contributed by atoms with van der Waals surface area (Å²) in [6.45, 7) is 1.60. The second-order valence-electron chi connectivity index (χ2n) is 4.38. The van der Waals surface area contributed by atoms with Crippen LogP contribution in [-0.4, -0.2) is 34.1 Å². The number of carbonyl (C=O) groups excluding carboxylic acids is 1. The molecule has 0 bridgehead atoms. The van der Waals surface area contributed by atoms with Gasteiger partial charge in [-0.15, -0.1) is 16.4 Å². The minimum atomic E-state index is -0.0210. The van der Waals surface area contributed by atoms with Crippen molar-refractivity contribution in [1.29, 1.82) is 0 Å². The Morgan fingerprint density at radius 1 is 1.63 bits per heavy atom. The van der Waals surface area contributed by atoms with E-state index in [-0.39, 0.29) is 11.8 Å². The number of hydrogen-bond acceptors (Lipinski definition) is 5. The van der Waals surface area contributed by atoms with Gasteiger partial charge >= 0.3 is 0 Å². The molecule has 0 spiro atoms. The van der Waals surface area contributed by atoms with Gasteiger partial charge in [0.05, 0.1) is 25.3 Å². The number of nitrogens with one attached hydrogen (secondary N) is 1. The minimum absolute atomic E-state index is 0.0210. The van der Waals surface area contributed by atoms with Crippen LogP contribution in [0.1, 0.15) is 12.1 Å². The van der Waals surface area contributed by atoms with Crippen molar-refractivity contribution in [2.75, 3.05) is 13.2 Å². The Morgan fingerprint density at radius 2 is 2.58 bits per heavy atom. The van der Waals surface area contributed by atoms with E-state index in [1.807, 2.05) is 23.7 Å². The molecule has 1 fully saturated rings. The standard InChI is InChI=1S/C12H14N4O2S/c17-12(9-3-4-18-8-9)13-6-10-7-16(15-14-10)11-2-1-5-19-11/h1-2,5,7,9H,3-4,6,8H2,(H,13,17)/t9-/m0/s1. The predicted molar refractivity (Wildman–Crippen MR) is 70.0 cm³/mol. The minimum Gasteiger partial charge on any atom is -0.381 e. The van der Waals surface area contributed by atoms with Crippen LogP contribution >= 0.6 is 11.3 Å². The molecular weight excluding hydrogens is 264 g/mol. The van der Waals surface area contributed by atoms with Gasteiger partial charge in [0, 0.05) is 6.61 Å². The number of carbonyl (C=O) groups is 1. The number of aromatic nitrogens is 3. The van der Waals surface area contributed by atoms with Crippen molar-refractivity contribution in [3.63, 3.8) is 0 Å². The molecule has 1 atom stereocenters. The second kappa shape index (κ2) is 5.50. The number of amides is 1. The van der Waals surface area contributed by atoms with Crippen LogP contribution in [-0.2, 0) is 16.1 Å². The lowest BCUT2D eigenvalue weighted by Gasteiger charge is -2.07. The fraction of sp³-hybridized carbons (Fsp3) is 0.417. The third-order valence-corrected chi connectivity index (χ3v) is 3.87. The van der Waals surface area contributed by atoms with E-state index in [1.165, 1.54) is 0 Å². The van der Waals surface area contributed by atoms with Gasteiger partial charge in [0.1, 0.15) is 10.7 Å². The van der Waals surface area contributed by atoms with Crippen LogP contribution in [0.5, 0.6) is 0 Å². The average Bonchev–Trinajstić information content (AvgIpc) is 3.14.